The number of aliphatic hydroxyl groups is 1. The number of aromatic nitrogens is 2. The molecule has 0 saturated heterocycles. The summed E-state index contributed by atoms with van der Waals surface area (Å²) in [6, 6.07) is 9.16. The molecule has 84 valence electrons. The highest BCUT2D eigenvalue weighted by Gasteiger charge is 2.20. The molecule has 1 aromatic carbocycles. The molecule has 0 bridgehead atoms. The third kappa shape index (κ3) is 2.17. The lowest BCUT2D eigenvalue weighted by atomic mass is 10.2. The molecule has 2 rings (SSSR count). The molecule has 0 aliphatic carbocycles. The highest BCUT2D eigenvalue weighted by molar-refractivity contribution is 7.99. The van der Waals surface area contributed by atoms with Crippen molar-refractivity contribution >= 4 is 11.8 Å². The van der Waals surface area contributed by atoms with Crippen molar-refractivity contribution in [1.29, 1.82) is 0 Å². The van der Waals surface area contributed by atoms with E-state index in [4.69, 9.17) is 5.11 Å². The number of hydrogen-bond donors (Lipinski definition) is 1. The quantitative estimate of drug-likeness (QED) is 0.637. The van der Waals surface area contributed by atoms with E-state index >= 15 is 0 Å². The molecule has 0 atom stereocenters. The van der Waals surface area contributed by atoms with Gasteiger partial charge in [-0.15, -0.1) is 0 Å². The van der Waals surface area contributed by atoms with Crippen LogP contribution in [0.2, 0.25) is 0 Å². The minimum absolute atomic E-state index is 0.0324. The molecule has 0 fully saturated rings. The van der Waals surface area contributed by atoms with E-state index in [0.29, 0.717) is 21.4 Å². The lowest BCUT2D eigenvalue weighted by Crippen LogP contribution is -2.25. The minimum Gasteiger partial charge on any atom is -0.396 e. The van der Waals surface area contributed by atoms with Gasteiger partial charge in [0.1, 0.15) is 0 Å². The summed E-state index contributed by atoms with van der Waals surface area (Å²) in [5.74, 6) is 0.479. The fourth-order valence-corrected chi connectivity index (χ4v) is 2.00. The number of rotatable bonds is 4. The van der Waals surface area contributed by atoms with E-state index in [2.05, 4.69) is 9.79 Å². The smallest absolute Gasteiger partial charge is 0.282 e. The Bertz CT molecular complexity index is 458. The standard InChI is InChI=1S/C10H10N2O3S/c13-6-7-16-10-9(12(14)15-11-10)8-4-2-1-3-5-8/h1-5,13H,6-7H2. The molecule has 5 nitrogen and oxygen atoms in total. The van der Waals surface area contributed by atoms with E-state index in [-0.39, 0.29) is 6.61 Å². The maximum atomic E-state index is 11.4. The van der Waals surface area contributed by atoms with E-state index in [1.807, 2.05) is 30.3 Å². The summed E-state index contributed by atoms with van der Waals surface area (Å²) in [5, 5.41) is 24.3. The van der Waals surface area contributed by atoms with Crippen LogP contribution in [0.4, 0.5) is 0 Å². The Kier molecular flexibility index (Phi) is 3.43. The van der Waals surface area contributed by atoms with Gasteiger partial charge in [0.25, 0.3) is 5.03 Å². The monoisotopic (exact) mass is 238 g/mol. The van der Waals surface area contributed by atoms with Crippen molar-refractivity contribution in [2.24, 2.45) is 0 Å². The summed E-state index contributed by atoms with van der Waals surface area (Å²) in [5.41, 5.74) is 1.14. The second-order valence-corrected chi connectivity index (χ2v) is 4.11. The molecule has 2 aromatic rings. The van der Waals surface area contributed by atoms with Gasteiger partial charge in [-0.2, -0.15) is 0 Å². The Labute approximate surface area is 96.2 Å². The SMILES string of the molecule is [O-][n+]1onc(SCCO)c1-c1ccccc1. The average molecular weight is 238 g/mol. The number of hydrogen-bond acceptors (Lipinski definition) is 5. The molecular formula is C10H10N2O3S. The predicted octanol–water partition coefficient (Wildman–Crippen LogP) is 1.06. The molecule has 0 aliphatic heterocycles. The van der Waals surface area contributed by atoms with Crippen LogP contribution in [0.1, 0.15) is 0 Å². The Hall–Kier alpha value is -1.53. The molecule has 1 heterocycles. The first-order valence-corrected chi connectivity index (χ1v) is 5.70. The van der Waals surface area contributed by atoms with Crippen molar-refractivity contribution in [3.63, 3.8) is 0 Å². The molecule has 0 saturated carbocycles. The van der Waals surface area contributed by atoms with Crippen molar-refractivity contribution in [2.45, 2.75) is 5.03 Å². The van der Waals surface area contributed by atoms with Gasteiger partial charge in [0.2, 0.25) is 5.69 Å². The van der Waals surface area contributed by atoms with E-state index in [9.17, 15) is 5.21 Å². The molecular weight excluding hydrogens is 228 g/mol. The van der Waals surface area contributed by atoms with Crippen LogP contribution < -0.4 is 4.90 Å². The van der Waals surface area contributed by atoms with Gasteiger partial charge in [-0.05, 0) is 4.90 Å². The third-order valence-electron chi connectivity index (χ3n) is 1.96. The maximum Gasteiger partial charge on any atom is 0.282 e. The molecule has 1 aromatic heterocycles. The van der Waals surface area contributed by atoms with E-state index in [1.54, 1.807) is 0 Å². The minimum atomic E-state index is 0.0324. The average Bonchev–Trinajstić information content (AvgIpc) is 2.69. The first-order valence-electron chi connectivity index (χ1n) is 4.71. The molecule has 0 amide bonds. The molecule has 0 unspecified atom stereocenters. The van der Waals surface area contributed by atoms with Gasteiger partial charge in [0.05, 0.1) is 11.8 Å². The topological polar surface area (TPSA) is 73.2 Å². The summed E-state index contributed by atoms with van der Waals surface area (Å²) in [7, 11) is 0. The lowest BCUT2D eigenvalue weighted by molar-refractivity contribution is -0.793. The fourth-order valence-electron chi connectivity index (χ4n) is 1.30. The summed E-state index contributed by atoms with van der Waals surface area (Å²) in [6.45, 7) is 0.0324. The zero-order chi connectivity index (χ0) is 11.4. The van der Waals surface area contributed by atoms with Crippen molar-refractivity contribution < 1.29 is 14.6 Å². The van der Waals surface area contributed by atoms with Gasteiger partial charge in [-0.25, -0.2) is 0 Å². The zero-order valence-corrected chi connectivity index (χ0v) is 9.18. The van der Waals surface area contributed by atoms with Gasteiger partial charge >= 0.3 is 0 Å². The summed E-state index contributed by atoms with van der Waals surface area (Å²) < 4.78 is 4.56. The maximum absolute atomic E-state index is 11.4. The van der Waals surface area contributed by atoms with Crippen molar-refractivity contribution in [2.75, 3.05) is 12.4 Å². The van der Waals surface area contributed by atoms with Crippen molar-refractivity contribution in [3.05, 3.63) is 35.5 Å². The molecule has 0 radical (unpaired) electrons. The Balaban J connectivity index is 2.35. The van der Waals surface area contributed by atoms with Gasteiger partial charge in [-0.1, -0.05) is 42.1 Å². The van der Waals surface area contributed by atoms with Crippen LogP contribution >= 0.6 is 11.8 Å². The van der Waals surface area contributed by atoms with Crippen LogP contribution in [0, 0.1) is 5.21 Å². The van der Waals surface area contributed by atoms with Gasteiger partial charge in [0, 0.05) is 11.3 Å². The highest BCUT2D eigenvalue weighted by atomic mass is 32.2. The summed E-state index contributed by atoms with van der Waals surface area (Å²) >= 11 is 1.29. The van der Waals surface area contributed by atoms with Crippen LogP contribution in [0.5, 0.6) is 0 Å². The Morgan fingerprint density at radius 2 is 2.12 bits per heavy atom. The lowest BCUT2D eigenvalue weighted by Gasteiger charge is -1.97. The highest BCUT2D eigenvalue weighted by Crippen LogP contribution is 2.26. The second-order valence-electron chi connectivity index (χ2n) is 3.02. The molecule has 16 heavy (non-hydrogen) atoms. The van der Waals surface area contributed by atoms with Crippen molar-refractivity contribution in [3.8, 4) is 11.3 Å². The van der Waals surface area contributed by atoms with Crippen LogP contribution in [-0.4, -0.2) is 22.6 Å². The van der Waals surface area contributed by atoms with Gasteiger partial charge in [-0.3, -0.25) is 4.63 Å². The Morgan fingerprint density at radius 1 is 1.38 bits per heavy atom. The number of thioether (sulfide) groups is 1. The zero-order valence-electron chi connectivity index (χ0n) is 8.37. The van der Waals surface area contributed by atoms with E-state index in [1.165, 1.54) is 11.8 Å². The van der Waals surface area contributed by atoms with Crippen molar-refractivity contribution in [1.82, 2.24) is 5.16 Å². The number of aliphatic hydroxyl groups excluding tert-OH is 1. The van der Waals surface area contributed by atoms with Crippen LogP contribution in [0.3, 0.4) is 0 Å². The first kappa shape index (κ1) is 11.0. The Morgan fingerprint density at radius 3 is 2.81 bits per heavy atom. The van der Waals surface area contributed by atoms with Crippen LogP contribution in [0.15, 0.2) is 40.0 Å². The van der Waals surface area contributed by atoms with Crippen LogP contribution in [-0.2, 0) is 0 Å². The summed E-state index contributed by atoms with van der Waals surface area (Å²) in [6.07, 6.45) is 0. The van der Waals surface area contributed by atoms with Gasteiger partial charge in [0.15, 0.2) is 0 Å². The fraction of sp³-hybridized carbons (Fsp3) is 0.200. The second kappa shape index (κ2) is 5.00. The molecule has 0 spiro atoms. The largest absolute Gasteiger partial charge is 0.396 e. The molecule has 6 heteroatoms. The van der Waals surface area contributed by atoms with E-state index in [0.717, 1.165) is 5.56 Å². The summed E-state index contributed by atoms with van der Waals surface area (Å²) in [4.78, 5) is 0.384. The number of benzene rings is 1. The van der Waals surface area contributed by atoms with Crippen LogP contribution in [0.25, 0.3) is 11.3 Å². The van der Waals surface area contributed by atoms with Gasteiger partial charge < -0.3 is 10.3 Å². The third-order valence-corrected chi connectivity index (χ3v) is 2.89. The molecule has 0 aliphatic rings. The first-order chi connectivity index (χ1) is 7.83. The van der Waals surface area contributed by atoms with E-state index < -0.39 is 0 Å². The predicted molar refractivity (Wildman–Crippen MR) is 58.7 cm³/mol. The normalized spacial score (nSPS) is 10.6. The molecule has 1 N–H and O–H groups in total. The number of nitrogens with zero attached hydrogens (tertiary/aromatic N) is 2.